The van der Waals surface area contributed by atoms with Gasteiger partial charge >= 0.3 is 11.8 Å². The van der Waals surface area contributed by atoms with Crippen LogP contribution in [0.5, 0.6) is 0 Å². The van der Waals surface area contributed by atoms with Crippen molar-refractivity contribution < 1.29 is 9.59 Å². The molecule has 5 heteroatoms. The van der Waals surface area contributed by atoms with Gasteiger partial charge in [-0.15, -0.1) is 0 Å². The number of halogens is 1. The minimum Gasteiger partial charge on any atom is -0.339 e. The van der Waals surface area contributed by atoms with Crippen molar-refractivity contribution in [3.8, 4) is 0 Å². The minimum atomic E-state index is -0.567. The maximum Gasteiger partial charge on any atom is 0.312 e. The topological polar surface area (TPSA) is 49.4 Å². The second kappa shape index (κ2) is 6.20. The summed E-state index contributed by atoms with van der Waals surface area (Å²) in [6.07, 6.45) is 0. The number of nitrogens with zero attached hydrogens (tertiary/aromatic N) is 1. The molecule has 0 bridgehead atoms. The molecule has 2 aromatic rings. The Balaban J connectivity index is 1.79. The van der Waals surface area contributed by atoms with E-state index in [0.717, 1.165) is 11.1 Å². The Labute approximate surface area is 133 Å². The van der Waals surface area contributed by atoms with Crippen LogP contribution in [0.1, 0.15) is 17.2 Å². The molecular formula is C17H15ClN2O2. The van der Waals surface area contributed by atoms with E-state index in [2.05, 4.69) is 5.32 Å². The van der Waals surface area contributed by atoms with E-state index in [1.165, 1.54) is 0 Å². The molecule has 22 heavy (non-hydrogen) atoms. The second-order valence-corrected chi connectivity index (χ2v) is 5.69. The molecule has 0 unspecified atom stereocenters. The quantitative estimate of drug-likeness (QED) is 0.885. The van der Waals surface area contributed by atoms with Crippen LogP contribution in [-0.4, -0.2) is 23.3 Å². The lowest BCUT2D eigenvalue weighted by molar-refractivity contribution is -0.150. The number of nitrogens with one attached hydrogen (secondary N) is 1. The highest BCUT2D eigenvalue weighted by atomic mass is 35.5. The van der Waals surface area contributed by atoms with Crippen LogP contribution >= 0.6 is 11.6 Å². The van der Waals surface area contributed by atoms with Crippen molar-refractivity contribution in [2.75, 3.05) is 6.54 Å². The molecule has 1 aliphatic heterocycles. The van der Waals surface area contributed by atoms with E-state index in [9.17, 15) is 9.59 Å². The number of rotatable bonds is 3. The number of hydrogen-bond donors (Lipinski definition) is 1. The highest BCUT2D eigenvalue weighted by Crippen LogP contribution is 2.21. The van der Waals surface area contributed by atoms with Crippen molar-refractivity contribution in [2.24, 2.45) is 0 Å². The molecule has 2 aromatic carbocycles. The van der Waals surface area contributed by atoms with Gasteiger partial charge in [-0.2, -0.15) is 0 Å². The molecule has 4 nitrogen and oxygen atoms in total. The van der Waals surface area contributed by atoms with E-state index in [0.29, 0.717) is 18.1 Å². The molecule has 2 amide bonds. The van der Waals surface area contributed by atoms with Gasteiger partial charge in [-0.1, -0.05) is 54.1 Å². The van der Waals surface area contributed by atoms with Crippen molar-refractivity contribution in [1.29, 1.82) is 0 Å². The van der Waals surface area contributed by atoms with Crippen LogP contribution in [0.2, 0.25) is 5.02 Å². The monoisotopic (exact) mass is 314 g/mol. The highest BCUT2D eigenvalue weighted by molar-refractivity contribution is 6.35. The summed E-state index contributed by atoms with van der Waals surface area (Å²) in [5.41, 5.74) is 1.93. The summed E-state index contributed by atoms with van der Waals surface area (Å²) in [4.78, 5) is 25.5. The Morgan fingerprint density at radius 1 is 1.05 bits per heavy atom. The fourth-order valence-electron chi connectivity index (χ4n) is 2.54. The van der Waals surface area contributed by atoms with E-state index in [4.69, 9.17) is 11.6 Å². The molecule has 1 aliphatic rings. The molecule has 1 atom stereocenters. The summed E-state index contributed by atoms with van der Waals surface area (Å²) >= 11 is 5.89. The molecule has 1 saturated heterocycles. The van der Waals surface area contributed by atoms with Crippen molar-refractivity contribution in [2.45, 2.75) is 12.6 Å². The molecule has 1 fully saturated rings. The van der Waals surface area contributed by atoms with E-state index in [1.54, 1.807) is 17.0 Å². The van der Waals surface area contributed by atoms with Gasteiger partial charge in [0, 0.05) is 18.1 Å². The average Bonchev–Trinajstić information content (AvgIpc) is 2.53. The molecule has 0 spiro atoms. The minimum absolute atomic E-state index is 0.217. The van der Waals surface area contributed by atoms with Gasteiger partial charge in [-0.05, 0) is 23.3 Å². The van der Waals surface area contributed by atoms with E-state index in [-0.39, 0.29) is 6.04 Å². The van der Waals surface area contributed by atoms with Crippen molar-refractivity contribution in [3.63, 3.8) is 0 Å². The van der Waals surface area contributed by atoms with Crippen molar-refractivity contribution >= 4 is 23.4 Å². The third-order valence-electron chi connectivity index (χ3n) is 3.68. The fraction of sp³-hybridized carbons (Fsp3) is 0.176. The Bertz CT molecular complexity index is 686. The van der Waals surface area contributed by atoms with Gasteiger partial charge in [-0.3, -0.25) is 9.59 Å². The maximum absolute atomic E-state index is 12.1. The summed E-state index contributed by atoms with van der Waals surface area (Å²) in [6.45, 7) is 0.873. The molecule has 1 N–H and O–H groups in total. The summed E-state index contributed by atoms with van der Waals surface area (Å²) < 4.78 is 0. The molecule has 3 rings (SSSR count). The summed E-state index contributed by atoms with van der Waals surface area (Å²) in [6, 6.07) is 16.7. The van der Waals surface area contributed by atoms with Crippen molar-refractivity contribution in [3.05, 3.63) is 70.7 Å². The zero-order chi connectivity index (χ0) is 15.5. The lowest BCUT2D eigenvalue weighted by atomic mass is 10.0. The first kappa shape index (κ1) is 14.6. The van der Waals surface area contributed by atoms with Gasteiger partial charge in [-0.25, -0.2) is 0 Å². The van der Waals surface area contributed by atoms with Crippen LogP contribution in [0.4, 0.5) is 0 Å². The lowest BCUT2D eigenvalue weighted by Gasteiger charge is -2.33. The fourth-order valence-corrected chi connectivity index (χ4v) is 2.66. The van der Waals surface area contributed by atoms with Gasteiger partial charge in [0.2, 0.25) is 0 Å². The van der Waals surface area contributed by atoms with Gasteiger partial charge in [0.25, 0.3) is 0 Å². The van der Waals surface area contributed by atoms with E-state index in [1.807, 2.05) is 42.5 Å². The first-order valence-electron chi connectivity index (χ1n) is 7.02. The van der Waals surface area contributed by atoms with Gasteiger partial charge in [0.1, 0.15) is 0 Å². The third-order valence-corrected chi connectivity index (χ3v) is 3.93. The van der Waals surface area contributed by atoms with Gasteiger partial charge in [0.05, 0.1) is 6.04 Å². The Morgan fingerprint density at radius 2 is 1.73 bits per heavy atom. The predicted octanol–water partition coefficient (Wildman–Crippen LogP) is 2.54. The first-order valence-corrected chi connectivity index (χ1v) is 7.40. The van der Waals surface area contributed by atoms with E-state index >= 15 is 0 Å². The van der Waals surface area contributed by atoms with Crippen LogP contribution in [0, 0.1) is 0 Å². The molecule has 0 radical (unpaired) electrons. The predicted molar refractivity (Wildman–Crippen MR) is 84.2 cm³/mol. The standard InChI is InChI=1S/C17H15ClN2O2/c18-14-8-6-13(7-9-14)15-11-20(17(22)16(21)19-15)10-12-4-2-1-3-5-12/h1-9,15H,10-11H2,(H,19,21)/t15-/m0/s1. The molecule has 0 aromatic heterocycles. The SMILES string of the molecule is O=C1N[C@H](c2ccc(Cl)cc2)CN(Cc2ccccc2)C1=O. The largest absolute Gasteiger partial charge is 0.339 e. The van der Waals surface area contributed by atoms with Crippen LogP contribution in [0.15, 0.2) is 54.6 Å². The zero-order valence-electron chi connectivity index (χ0n) is 11.8. The number of hydrogen-bond acceptors (Lipinski definition) is 2. The van der Waals surface area contributed by atoms with Crippen LogP contribution in [0.3, 0.4) is 0 Å². The van der Waals surface area contributed by atoms with Crippen LogP contribution in [-0.2, 0) is 16.1 Å². The van der Waals surface area contributed by atoms with Crippen LogP contribution in [0.25, 0.3) is 0 Å². The Morgan fingerprint density at radius 3 is 2.41 bits per heavy atom. The lowest BCUT2D eigenvalue weighted by Crippen LogP contribution is -2.53. The average molecular weight is 315 g/mol. The number of amides is 2. The maximum atomic E-state index is 12.1. The second-order valence-electron chi connectivity index (χ2n) is 5.25. The summed E-state index contributed by atoms with van der Waals surface area (Å²) in [7, 11) is 0. The zero-order valence-corrected chi connectivity index (χ0v) is 12.6. The number of piperazine rings is 1. The summed E-state index contributed by atoms with van der Waals surface area (Å²) in [5.74, 6) is -1.06. The normalized spacial score (nSPS) is 18.2. The van der Waals surface area contributed by atoms with Crippen molar-refractivity contribution in [1.82, 2.24) is 10.2 Å². The summed E-state index contributed by atoms with van der Waals surface area (Å²) in [5, 5.41) is 3.39. The third kappa shape index (κ3) is 3.12. The molecule has 0 aliphatic carbocycles. The van der Waals surface area contributed by atoms with Gasteiger partial charge in [0.15, 0.2) is 0 Å². The van der Waals surface area contributed by atoms with E-state index < -0.39 is 11.8 Å². The number of carbonyl (C=O) groups is 2. The molecule has 0 saturated carbocycles. The number of carbonyl (C=O) groups excluding carboxylic acids is 2. The molecule has 112 valence electrons. The highest BCUT2D eigenvalue weighted by Gasteiger charge is 2.32. The number of benzene rings is 2. The molecular weight excluding hydrogens is 300 g/mol. The van der Waals surface area contributed by atoms with Gasteiger partial charge < -0.3 is 10.2 Å². The first-order chi connectivity index (χ1) is 10.6. The van der Waals surface area contributed by atoms with Crippen LogP contribution < -0.4 is 5.32 Å². The smallest absolute Gasteiger partial charge is 0.312 e. The Hall–Kier alpha value is -2.33. The molecule has 1 heterocycles. The Kier molecular flexibility index (Phi) is 4.11.